The number of rotatable bonds is 2. The molecule has 0 heterocycles. The highest BCUT2D eigenvalue weighted by molar-refractivity contribution is 6.22. The maximum atomic E-state index is 12.8. The smallest absolute Gasteiger partial charge is 0.194 e. The maximum Gasteiger partial charge on any atom is 0.194 e. The molecule has 0 radical (unpaired) electrons. The van der Waals surface area contributed by atoms with Crippen molar-refractivity contribution in [3.63, 3.8) is 0 Å². The molecular formula is C11H10ClF3. The fourth-order valence-electron chi connectivity index (χ4n) is 1.04. The molecule has 0 aliphatic carbocycles. The minimum absolute atomic E-state index is 0.235. The van der Waals surface area contributed by atoms with E-state index in [4.69, 9.17) is 11.6 Å². The van der Waals surface area contributed by atoms with Gasteiger partial charge in [-0.2, -0.15) is 0 Å². The van der Waals surface area contributed by atoms with E-state index in [0.717, 1.165) is 17.7 Å². The molecule has 1 rings (SSSR count). The third kappa shape index (κ3) is 2.99. The third-order valence-corrected chi connectivity index (χ3v) is 2.37. The fourth-order valence-corrected chi connectivity index (χ4v) is 1.10. The predicted octanol–water partition coefficient (Wildman–Crippen LogP) is 4.13. The van der Waals surface area contributed by atoms with Gasteiger partial charge >= 0.3 is 0 Å². The van der Waals surface area contributed by atoms with Crippen molar-refractivity contribution in [1.29, 1.82) is 0 Å². The Hall–Kier alpha value is -0.960. The first-order valence-electron chi connectivity index (χ1n) is 4.38. The Kier molecular flexibility index (Phi) is 3.80. The van der Waals surface area contributed by atoms with Crippen LogP contribution in [0.2, 0.25) is 0 Å². The summed E-state index contributed by atoms with van der Waals surface area (Å²) in [6, 6.07) is 1.86. The number of halogens is 4. The standard InChI is InChI=1S/C11H10ClF3/c1-6(7(2)12)3-8-4-9(13)11(15)10(14)5-8/h3-5,7H,1-2H3/b6-3+. The van der Waals surface area contributed by atoms with E-state index >= 15 is 0 Å². The summed E-state index contributed by atoms with van der Waals surface area (Å²) in [5.74, 6) is -3.85. The zero-order valence-corrected chi connectivity index (χ0v) is 9.08. The van der Waals surface area contributed by atoms with E-state index in [1.807, 2.05) is 0 Å². The van der Waals surface area contributed by atoms with Gasteiger partial charge in [-0.05, 0) is 31.5 Å². The average Bonchev–Trinajstić information content (AvgIpc) is 2.13. The van der Waals surface area contributed by atoms with Gasteiger partial charge in [0.15, 0.2) is 17.5 Å². The lowest BCUT2D eigenvalue weighted by molar-refractivity contribution is 0.447. The van der Waals surface area contributed by atoms with Crippen LogP contribution in [0.4, 0.5) is 13.2 Å². The minimum Gasteiger partial charge on any atom is -0.204 e. The minimum atomic E-state index is -1.45. The predicted molar refractivity (Wildman–Crippen MR) is 55.3 cm³/mol. The molecule has 0 saturated carbocycles. The van der Waals surface area contributed by atoms with Gasteiger partial charge in [0.1, 0.15) is 0 Å². The summed E-state index contributed by atoms with van der Waals surface area (Å²) in [6.07, 6.45) is 1.52. The monoisotopic (exact) mass is 234 g/mol. The third-order valence-electron chi connectivity index (χ3n) is 2.03. The van der Waals surface area contributed by atoms with Crippen LogP contribution in [-0.2, 0) is 0 Å². The molecule has 0 saturated heterocycles. The van der Waals surface area contributed by atoms with E-state index in [9.17, 15) is 13.2 Å². The number of allylic oxidation sites excluding steroid dienone is 1. The first-order valence-corrected chi connectivity index (χ1v) is 4.82. The van der Waals surface area contributed by atoms with Crippen molar-refractivity contribution in [2.24, 2.45) is 0 Å². The molecule has 0 aliphatic rings. The van der Waals surface area contributed by atoms with Crippen molar-refractivity contribution in [3.8, 4) is 0 Å². The molecule has 1 unspecified atom stereocenters. The van der Waals surface area contributed by atoms with Gasteiger partial charge in [-0.15, -0.1) is 11.6 Å². The molecule has 0 N–H and O–H groups in total. The molecule has 0 aromatic heterocycles. The van der Waals surface area contributed by atoms with Gasteiger partial charge in [0, 0.05) is 0 Å². The molecule has 0 fully saturated rings. The highest BCUT2D eigenvalue weighted by Crippen LogP contribution is 2.18. The molecule has 1 atom stereocenters. The van der Waals surface area contributed by atoms with E-state index in [2.05, 4.69) is 0 Å². The number of alkyl halides is 1. The molecule has 1 aromatic carbocycles. The van der Waals surface area contributed by atoms with E-state index in [1.165, 1.54) is 6.08 Å². The van der Waals surface area contributed by atoms with Crippen molar-refractivity contribution < 1.29 is 13.2 Å². The van der Waals surface area contributed by atoms with Gasteiger partial charge < -0.3 is 0 Å². The molecule has 4 heteroatoms. The van der Waals surface area contributed by atoms with Crippen LogP contribution in [0.3, 0.4) is 0 Å². The Morgan fingerprint density at radius 1 is 1.27 bits per heavy atom. The van der Waals surface area contributed by atoms with Gasteiger partial charge in [0.05, 0.1) is 5.38 Å². The molecule has 0 bridgehead atoms. The summed E-state index contributed by atoms with van der Waals surface area (Å²) in [4.78, 5) is 0. The lowest BCUT2D eigenvalue weighted by atomic mass is 10.1. The highest BCUT2D eigenvalue weighted by atomic mass is 35.5. The maximum absolute atomic E-state index is 12.8. The van der Waals surface area contributed by atoms with Gasteiger partial charge in [-0.3, -0.25) is 0 Å². The van der Waals surface area contributed by atoms with Gasteiger partial charge in [0.25, 0.3) is 0 Å². The van der Waals surface area contributed by atoms with Gasteiger partial charge in [-0.1, -0.05) is 11.6 Å². The first-order chi connectivity index (χ1) is 6.91. The van der Waals surface area contributed by atoms with Crippen LogP contribution in [0.25, 0.3) is 6.08 Å². The molecule has 0 spiro atoms. The molecule has 1 aromatic rings. The molecule has 0 aliphatic heterocycles. The summed E-state index contributed by atoms with van der Waals surface area (Å²) in [7, 11) is 0. The molecule has 15 heavy (non-hydrogen) atoms. The first kappa shape index (κ1) is 12.1. The fraction of sp³-hybridized carbons (Fsp3) is 0.273. The largest absolute Gasteiger partial charge is 0.204 e. The van der Waals surface area contributed by atoms with Crippen molar-refractivity contribution in [2.45, 2.75) is 19.2 Å². The van der Waals surface area contributed by atoms with E-state index in [1.54, 1.807) is 13.8 Å². The molecule has 0 nitrogen and oxygen atoms in total. The van der Waals surface area contributed by atoms with E-state index in [-0.39, 0.29) is 10.9 Å². The number of benzene rings is 1. The van der Waals surface area contributed by atoms with Crippen molar-refractivity contribution >= 4 is 17.7 Å². The second-order valence-electron chi connectivity index (χ2n) is 3.30. The summed E-state index contributed by atoms with van der Waals surface area (Å²) in [6.45, 7) is 3.47. The Morgan fingerprint density at radius 2 is 1.73 bits per heavy atom. The van der Waals surface area contributed by atoms with Crippen LogP contribution in [0.15, 0.2) is 17.7 Å². The van der Waals surface area contributed by atoms with E-state index < -0.39 is 17.5 Å². The Labute approximate surface area is 91.4 Å². The second-order valence-corrected chi connectivity index (χ2v) is 3.96. The number of hydrogen-bond acceptors (Lipinski definition) is 0. The second kappa shape index (κ2) is 4.71. The SMILES string of the molecule is C/C(=C\c1cc(F)c(F)c(F)c1)C(C)Cl. The summed E-state index contributed by atoms with van der Waals surface area (Å²) >= 11 is 5.76. The lowest BCUT2D eigenvalue weighted by Gasteiger charge is -2.03. The molecule has 82 valence electrons. The van der Waals surface area contributed by atoms with Gasteiger partial charge in [-0.25, -0.2) is 13.2 Å². The van der Waals surface area contributed by atoms with Crippen LogP contribution < -0.4 is 0 Å². The molecule has 0 amide bonds. The van der Waals surface area contributed by atoms with Crippen LogP contribution in [-0.4, -0.2) is 5.38 Å². The van der Waals surface area contributed by atoms with Crippen LogP contribution in [0.1, 0.15) is 19.4 Å². The quantitative estimate of drug-likeness (QED) is 0.533. The summed E-state index contributed by atoms with van der Waals surface area (Å²) in [5, 5.41) is -0.235. The van der Waals surface area contributed by atoms with E-state index in [0.29, 0.717) is 0 Å². The topological polar surface area (TPSA) is 0 Å². The zero-order valence-electron chi connectivity index (χ0n) is 8.32. The van der Waals surface area contributed by atoms with Crippen molar-refractivity contribution in [1.82, 2.24) is 0 Å². The highest BCUT2D eigenvalue weighted by Gasteiger charge is 2.09. The summed E-state index contributed by atoms with van der Waals surface area (Å²) < 4.78 is 38.2. The average molecular weight is 235 g/mol. The summed E-state index contributed by atoms with van der Waals surface area (Å²) in [5.41, 5.74) is 1.01. The zero-order chi connectivity index (χ0) is 11.6. The Balaban J connectivity index is 3.13. The lowest BCUT2D eigenvalue weighted by Crippen LogP contribution is -1.94. The van der Waals surface area contributed by atoms with Crippen molar-refractivity contribution in [2.75, 3.05) is 0 Å². The van der Waals surface area contributed by atoms with Crippen molar-refractivity contribution in [3.05, 3.63) is 40.7 Å². The Bertz CT molecular complexity index is 374. The Morgan fingerprint density at radius 3 is 2.13 bits per heavy atom. The number of hydrogen-bond donors (Lipinski definition) is 0. The van der Waals surface area contributed by atoms with Crippen LogP contribution >= 0.6 is 11.6 Å². The van der Waals surface area contributed by atoms with Gasteiger partial charge in [0.2, 0.25) is 0 Å². The van der Waals surface area contributed by atoms with Crippen LogP contribution in [0, 0.1) is 17.5 Å². The molecular weight excluding hydrogens is 225 g/mol. The van der Waals surface area contributed by atoms with Crippen LogP contribution in [0.5, 0.6) is 0 Å². The normalized spacial score (nSPS) is 14.1.